The van der Waals surface area contributed by atoms with Crippen LogP contribution in [0, 0.1) is 0 Å². The summed E-state index contributed by atoms with van der Waals surface area (Å²) in [5.41, 5.74) is 12.6. The molecule has 2 aromatic rings. The summed E-state index contributed by atoms with van der Waals surface area (Å²) < 4.78 is 17.2. The van der Waals surface area contributed by atoms with Crippen LogP contribution in [0.15, 0.2) is 42.5 Å². The molecular formula is C20H27N3O3. The van der Waals surface area contributed by atoms with Gasteiger partial charge in [-0.1, -0.05) is 12.1 Å². The molecule has 1 fully saturated rings. The number of nitrogens with two attached hydrogens (primary N) is 2. The maximum Gasteiger partial charge on any atom is 0.169 e. The summed E-state index contributed by atoms with van der Waals surface area (Å²) in [6.45, 7) is 5.50. The fourth-order valence-electron chi connectivity index (χ4n) is 2.84. The molecule has 0 saturated carbocycles. The molecule has 0 spiro atoms. The summed E-state index contributed by atoms with van der Waals surface area (Å²) in [4.78, 5) is 2.44. The van der Waals surface area contributed by atoms with Gasteiger partial charge >= 0.3 is 0 Å². The topological polar surface area (TPSA) is 83.0 Å². The van der Waals surface area contributed by atoms with E-state index in [1.807, 2.05) is 24.3 Å². The first-order valence-corrected chi connectivity index (χ1v) is 9.07. The molecule has 6 nitrogen and oxygen atoms in total. The van der Waals surface area contributed by atoms with E-state index in [9.17, 15) is 0 Å². The van der Waals surface area contributed by atoms with Gasteiger partial charge in [0.05, 0.1) is 31.2 Å². The molecule has 1 heterocycles. The Kier molecular flexibility index (Phi) is 6.57. The molecule has 0 atom stereocenters. The number of nitrogen functional groups attached to an aromatic ring is 2. The Hall–Kier alpha value is -2.44. The summed E-state index contributed by atoms with van der Waals surface area (Å²) in [6.07, 6.45) is 2.11. The quantitative estimate of drug-likeness (QED) is 0.558. The van der Waals surface area contributed by atoms with Gasteiger partial charge in [-0.15, -0.1) is 0 Å². The first-order chi connectivity index (χ1) is 12.7. The fourth-order valence-corrected chi connectivity index (χ4v) is 2.84. The van der Waals surface area contributed by atoms with Crippen LogP contribution in [-0.4, -0.2) is 44.4 Å². The van der Waals surface area contributed by atoms with Crippen molar-refractivity contribution in [2.45, 2.75) is 12.8 Å². The monoisotopic (exact) mass is 357 g/mol. The number of anilines is 2. The summed E-state index contributed by atoms with van der Waals surface area (Å²) >= 11 is 0. The number of benzene rings is 2. The van der Waals surface area contributed by atoms with Crippen molar-refractivity contribution in [3.63, 3.8) is 0 Å². The van der Waals surface area contributed by atoms with Gasteiger partial charge in [0.25, 0.3) is 0 Å². The van der Waals surface area contributed by atoms with Crippen molar-refractivity contribution in [2.75, 3.05) is 50.9 Å². The lowest BCUT2D eigenvalue weighted by atomic mass is 10.2. The molecule has 0 bridgehead atoms. The normalized spacial score (nSPS) is 14.9. The number of ether oxygens (including phenoxy) is 3. The van der Waals surface area contributed by atoms with Crippen LogP contribution in [0.3, 0.4) is 0 Å². The third kappa shape index (κ3) is 5.28. The van der Waals surface area contributed by atoms with Crippen molar-refractivity contribution in [3.8, 4) is 17.2 Å². The van der Waals surface area contributed by atoms with Crippen LogP contribution in [-0.2, 0) is 4.74 Å². The zero-order chi connectivity index (χ0) is 18.2. The molecule has 0 aromatic heterocycles. The predicted molar refractivity (Wildman–Crippen MR) is 104 cm³/mol. The number of unbranched alkanes of at least 4 members (excludes halogenated alkanes) is 1. The van der Waals surface area contributed by atoms with E-state index in [4.69, 9.17) is 25.7 Å². The van der Waals surface area contributed by atoms with Crippen LogP contribution in [0.5, 0.6) is 17.2 Å². The molecule has 3 rings (SSSR count). The van der Waals surface area contributed by atoms with Crippen molar-refractivity contribution in [1.82, 2.24) is 4.90 Å². The zero-order valence-corrected chi connectivity index (χ0v) is 15.0. The molecule has 2 aromatic carbocycles. The zero-order valence-electron chi connectivity index (χ0n) is 15.0. The van der Waals surface area contributed by atoms with Crippen LogP contribution in [0.4, 0.5) is 11.4 Å². The van der Waals surface area contributed by atoms with Crippen LogP contribution in [0.1, 0.15) is 12.8 Å². The minimum Gasteiger partial charge on any atom is -0.490 e. The molecule has 0 aliphatic carbocycles. The van der Waals surface area contributed by atoms with E-state index in [-0.39, 0.29) is 0 Å². The molecule has 26 heavy (non-hydrogen) atoms. The van der Waals surface area contributed by atoms with Gasteiger partial charge in [-0.05, 0) is 43.7 Å². The predicted octanol–water partition coefficient (Wildman–Crippen LogP) is 3.13. The van der Waals surface area contributed by atoms with E-state index >= 15 is 0 Å². The first kappa shape index (κ1) is 18.4. The molecule has 6 heteroatoms. The summed E-state index contributed by atoms with van der Waals surface area (Å²) in [6, 6.07) is 12.9. The standard InChI is InChI=1S/C20H27N3O3/c21-17-8-7-16(15-18(17)22)26-20-6-2-1-5-19(20)25-12-4-3-9-23-10-13-24-14-11-23/h1-2,5-8,15H,3-4,9-14,21-22H2. The number of nitrogens with zero attached hydrogens (tertiary/aromatic N) is 1. The lowest BCUT2D eigenvalue weighted by Crippen LogP contribution is -2.36. The number of morpholine rings is 1. The molecule has 140 valence electrons. The van der Waals surface area contributed by atoms with E-state index < -0.39 is 0 Å². The third-order valence-corrected chi connectivity index (χ3v) is 4.37. The Morgan fingerprint density at radius 3 is 2.46 bits per heavy atom. The van der Waals surface area contributed by atoms with E-state index in [2.05, 4.69) is 4.90 Å². The first-order valence-electron chi connectivity index (χ1n) is 9.07. The van der Waals surface area contributed by atoms with Gasteiger partial charge in [0.15, 0.2) is 11.5 Å². The Bertz CT molecular complexity index is 702. The third-order valence-electron chi connectivity index (χ3n) is 4.37. The largest absolute Gasteiger partial charge is 0.490 e. The highest BCUT2D eigenvalue weighted by molar-refractivity contribution is 5.65. The Balaban J connectivity index is 1.48. The van der Waals surface area contributed by atoms with E-state index in [1.165, 1.54) is 0 Å². The van der Waals surface area contributed by atoms with Gasteiger partial charge < -0.3 is 25.7 Å². The van der Waals surface area contributed by atoms with Crippen LogP contribution >= 0.6 is 0 Å². The Morgan fingerprint density at radius 1 is 0.923 bits per heavy atom. The molecule has 0 radical (unpaired) electrons. The molecular weight excluding hydrogens is 330 g/mol. The van der Waals surface area contributed by atoms with Crippen molar-refractivity contribution in [1.29, 1.82) is 0 Å². The van der Waals surface area contributed by atoms with Gasteiger partial charge in [0.2, 0.25) is 0 Å². The van der Waals surface area contributed by atoms with Crippen molar-refractivity contribution in [2.24, 2.45) is 0 Å². The highest BCUT2D eigenvalue weighted by atomic mass is 16.5. The Labute approximate surface area is 154 Å². The summed E-state index contributed by atoms with van der Waals surface area (Å²) in [5.74, 6) is 2.04. The van der Waals surface area contributed by atoms with Crippen molar-refractivity contribution in [3.05, 3.63) is 42.5 Å². The molecule has 0 unspecified atom stereocenters. The van der Waals surface area contributed by atoms with Gasteiger partial charge in [-0.25, -0.2) is 0 Å². The van der Waals surface area contributed by atoms with Gasteiger partial charge in [0, 0.05) is 19.2 Å². The van der Waals surface area contributed by atoms with Crippen LogP contribution in [0.25, 0.3) is 0 Å². The Morgan fingerprint density at radius 2 is 1.69 bits per heavy atom. The minimum absolute atomic E-state index is 0.504. The average molecular weight is 357 g/mol. The summed E-state index contributed by atoms with van der Waals surface area (Å²) in [5, 5.41) is 0. The molecule has 1 saturated heterocycles. The van der Waals surface area contributed by atoms with E-state index in [0.29, 0.717) is 29.5 Å². The van der Waals surface area contributed by atoms with Crippen molar-refractivity contribution < 1.29 is 14.2 Å². The maximum atomic E-state index is 5.93. The lowest BCUT2D eigenvalue weighted by molar-refractivity contribution is 0.0368. The van der Waals surface area contributed by atoms with Crippen molar-refractivity contribution >= 4 is 11.4 Å². The number of hydrogen-bond donors (Lipinski definition) is 2. The van der Waals surface area contributed by atoms with Gasteiger partial charge in [-0.3, -0.25) is 4.90 Å². The van der Waals surface area contributed by atoms with E-state index in [0.717, 1.165) is 51.4 Å². The second-order valence-electron chi connectivity index (χ2n) is 6.35. The van der Waals surface area contributed by atoms with Crippen LogP contribution in [0.2, 0.25) is 0 Å². The van der Waals surface area contributed by atoms with Gasteiger partial charge in [0.1, 0.15) is 5.75 Å². The minimum atomic E-state index is 0.504. The smallest absolute Gasteiger partial charge is 0.169 e. The average Bonchev–Trinajstić information content (AvgIpc) is 2.66. The van der Waals surface area contributed by atoms with Gasteiger partial charge in [-0.2, -0.15) is 0 Å². The molecule has 4 N–H and O–H groups in total. The highest BCUT2D eigenvalue weighted by Gasteiger charge is 2.10. The number of rotatable bonds is 8. The highest BCUT2D eigenvalue weighted by Crippen LogP contribution is 2.33. The second-order valence-corrected chi connectivity index (χ2v) is 6.35. The maximum absolute atomic E-state index is 5.93. The number of hydrogen-bond acceptors (Lipinski definition) is 6. The molecule has 1 aliphatic heterocycles. The fraction of sp³-hybridized carbons (Fsp3) is 0.400. The molecule has 1 aliphatic rings. The second kappa shape index (κ2) is 9.31. The molecule has 0 amide bonds. The summed E-state index contributed by atoms with van der Waals surface area (Å²) in [7, 11) is 0. The SMILES string of the molecule is Nc1ccc(Oc2ccccc2OCCCCN2CCOCC2)cc1N. The number of para-hydroxylation sites is 2. The van der Waals surface area contributed by atoms with Crippen LogP contribution < -0.4 is 20.9 Å². The lowest BCUT2D eigenvalue weighted by Gasteiger charge is -2.26. The van der Waals surface area contributed by atoms with E-state index in [1.54, 1.807) is 18.2 Å².